The maximum Gasteiger partial charge on any atom is 0.271 e. The number of carbonyl (C=O) groups excluding carboxylic acids is 1. The molecular formula is C10H16N4O. The van der Waals surface area contributed by atoms with Crippen LogP contribution in [0.1, 0.15) is 29.8 Å². The lowest BCUT2D eigenvalue weighted by molar-refractivity contribution is 0.0718. The Hall–Kier alpha value is -1.52. The number of hydrogen-bond donors (Lipinski definition) is 2. The molecule has 5 nitrogen and oxygen atoms in total. The number of anilines is 1. The van der Waals surface area contributed by atoms with E-state index in [-0.39, 0.29) is 5.91 Å². The van der Waals surface area contributed by atoms with Gasteiger partial charge in [0.2, 0.25) is 0 Å². The first kappa shape index (κ1) is 10.0. The van der Waals surface area contributed by atoms with Gasteiger partial charge in [0.15, 0.2) is 0 Å². The van der Waals surface area contributed by atoms with Gasteiger partial charge in [-0.2, -0.15) is 5.10 Å². The van der Waals surface area contributed by atoms with Crippen LogP contribution in [-0.2, 0) is 0 Å². The molecule has 15 heavy (non-hydrogen) atoms. The van der Waals surface area contributed by atoms with Crippen LogP contribution in [0, 0.1) is 0 Å². The highest BCUT2D eigenvalue weighted by Crippen LogP contribution is 2.13. The van der Waals surface area contributed by atoms with Crippen molar-refractivity contribution in [2.45, 2.75) is 19.3 Å². The molecule has 1 amide bonds. The Morgan fingerprint density at radius 2 is 2.20 bits per heavy atom. The summed E-state index contributed by atoms with van der Waals surface area (Å²) < 4.78 is 0. The topological polar surface area (TPSA) is 61.0 Å². The fraction of sp³-hybridized carbons (Fsp3) is 0.600. The standard InChI is InChI=1S/C10H16N4O/c1-11-9-7-8(12-13-9)10(15)14-5-3-2-4-6-14/h7H,2-6H2,1H3,(H2,11,12,13). The van der Waals surface area contributed by atoms with Crippen LogP contribution in [0.3, 0.4) is 0 Å². The van der Waals surface area contributed by atoms with Gasteiger partial charge in [-0.1, -0.05) is 0 Å². The second kappa shape index (κ2) is 4.33. The Morgan fingerprint density at radius 3 is 2.80 bits per heavy atom. The minimum atomic E-state index is 0.0590. The number of H-pyrrole nitrogens is 1. The second-order valence-corrected chi connectivity index (χ2v) is 3.77. The number of aromatic nitrogens is 2. The molecule has 2 heterocycles. The first-order chi connectivity index (χ1) is 7.31. The van der Waals surface area contributed by atoms with Gasteiger partial charge in [0, 0.05) is 26.2 Å². The lowest BCUT2D eigenvalue weighted by Gasteiger charge is -2.25. The molecule has 5 heteroatoms. The number of amides is 1. The molecule has 2 N–H and O–H groups in total. The average Bonchev–Trinajstić information content (AvgIpc) is 2.78. The molecule has 1 aromatic rings. The molecule has 1 fully saturated rings. The summed E-state index contributed by atoms with van der Waals surface area (Å²) in [6.45, 7) is 1.74. The minimum Gasteiger partial charge on any atom is -0.372 e. The van der Waals surface area contributed by atoms with Gasteiger partial charge in [-0.05, 0) is 19.3 Å². The third-order valence-electron chi connectivity index (χ3n) is 2.71. The first-order valence-electron chi connectivity index (χ1n) is 5.33. The zero-order valence-corrected chi connectivity index (χ0v) is 8.92. The van der Waals surface area contributed by atoms with Crippen LogP contribution in [0.4, 0.5) is 5.82 Å². The predicted molar refractivity (Wildman–Crippen MR) is 57.9 cm³/mol. The van der Waals surface area contributed by atoms with Crippen molar-refractivity contribution in [3.05, 3.63) is 11.8 Å². The molecule has 0 spiro atoms. The van der Waals surface area contributed by atoms with Gasteiger partial charge in [0.1, 0.15) is 11.5 Å². The van der Waals surface area contributed by atoms with E-state index >= 15 is 0 Å². The van der Waals surface area contributed by atoms with Crippen molar-refractivity contribution in [2.24, 2.45) is 0 Å². The third-order valence-corrected chi connectivity index (χ3v) is 2.71. The summed E-state index contributed by atoms with van der Waals surface area (Å²) >= 11 is 0. The fourth-order valence-corrected chi connectivity index (χ4v) is 1.83. The summed E-state index contributed by atoms with van der Waals surface area (Å²) in [5.41, 5.74) is 0.571. The third kappa shape index (κ3) is 2.11. The average molecular weight is 208 g/mol. The lowest BCUT2D eigenvalue weighted by Crippen LogP contribution is -2.35. The molecule has 0 aliphatic carbocycles. The molecule has 1 saturated heterocycles. The zero-order valence-electron chi connectivity index (χ0n) is 8.92. The number of rotatable bonds is 2. The van der Waals surface area contributed by atoms with Crippen molar-refractivity contribution >= 4 is 11.7 Å². The van der Waals surface area contributed by atoms with Gasteiger partial charge in [-0.25, -0.2) is 0 Å². The molecule has 82 valence electrons. The van der Waals surface area contributed by atoms with Crippen molar-refractivity contribution < 1.29 is 4.79 Å². The van der Waals surface area contributed by atoms with Crippen LogP contribution in [0.2, 0.25) is 0 Å². The van der Waals surface area contributed by atoms with E-state index in [2.05, 4.69) is 15.5 Å². The largest absolute Gasteiger partial charge is 0.372 e. The molecular weight excluding hydrogens is 192 g/mol. The van der Waals surface area contributed by atoms with Crippen LogP contribution in [0.25, 0.3) is 0 Å². The fourth-order valence-electron chi connectivity index (χ4n) is 1.83. The molecule has 0 atom stereocenters. The summed E-state index contributed by atoms with van der Waals surface area (Å²) in [5.74, 6) is 0.763. The van der Waals surface area contributed by atoms with E-state index in [1.807, 2.05) is 4.90 Å². The number of aromatic amines is 1. The Labute approximate surface area is 88.8 Å². The van der Waals surface area contributed by atoms with Crippen molar-refractivity contribution in [1.82, 2.24) is 15.1 Å². The summed E-state index contributed by atoms with van der Waals surface area (Å²) in [7, 11) is 1.78. The van der Waals surface area contributed by atoms with Crippen molar-refractivity contribution in [3.8, 4) is 0 Å². The smallest absolute Gasteiger partial charge is 0.271 e. The Kier molecular flexibility index (Phi) is 2.89. The van der Waals surface area contributed by atoms with Gasteiger partial charge in [-0.15, -0.1) is 0 Å². The molecule has 0 bridgehead atoms. The molecule has 2 rings (SSSR count). The minimum absolute atomic E-state index is 0.0590. The summed E-state index contributed by atoms with van der Waals surface area (Å²) in [4.78, 5) is 13.8. The van der Waals surface area contributed by atoms with Crippen molar-refractivity contribution in [3.63, 3.8) is 0 Å². The quantitative estimate of drug-likeness (QED) is 0.764. The summed E-state index contributed by atoms with van der Waals surface area (Å²) in [5, 5.41) is 9.61. The van der Waals surface area contributed by atoms with Crippen molar-refractivity contribution in [1.29, 1.82) is 0 Å². The van der Waals surface area contributed by atoms with Gasteiger partial charge in [-0.3, -0.25) is 9.89 Å². The van der Waals surface area contributed by atoms with Gasteiger partial charge in [0.25, 0.3) is 5.91 Å². The lowest BCUT2D eigenvalue weighted by atomic mass is 10.1. The number of piperidine rings is 1. The Morgan fingerprint density at radius 1 is 1.47 bits per heavy atom. The number of carbonyl (C=O) groups is 1. The number of likely N-dealkylation sites (tertiary alicyclic amines) is 1. The van der Waals surface area contributed by atoms with Crippen LogP contribution in [-0.4, -0.2) is 41.1 Å². The van der Waals surface area contributed by atoms with E-state index in [4.69, 9.17) is 0 Å². The van der Waals surface area contributed by atoms with Crippen LogP contribution >= 0.6 is 0 Å². The molecule has 0 unspecified atom stereocenters. The van der Waals surface area contributed by atoms with E-state index in [0.717, 1.165) is 25.9 Å². The second-order valence-electron chi connectivity index (χ2n) is 3.77. The van der Waals surface area contributed by atoms with E-state index in [0.29, 0.717) is 11.5 Å². The maximum atomic E-state index is 12.0. The van der Waals surface area contributed by atoms with Crippen LogP contribution in [0.5, 0.6) is 0 Å². The number of nitrogens with zero attached hydrogens (tertiary/aromatic N) is 2. The predicted octanol–water partition coefficient (Wildman–Crippen LogP) is 1.08. The van der Waals surface area contributed by atoms with Crippen LogP contribution < -0.4 is 5.32 Å². The molecule has 1 aliphatic heterocycles. The Bertz CT molecular complexity index is 341. The summed E-state index contributed by atoms with van der Waals surface area (Å²) in [6, 6.07) is 1.75. The summed E-state index contributed by atoms with van der Waals surface area (Å²) in [6.07, 6.45) is 3.45. The van der Waals surface area contributed by atoms with Crippen molar-refractivity contribution in [2.75, 3.05) is 25.5 Å². The van der Waals surface area contributed by atoms with E-state index in [1.54, 1.807) is 13.1 Å². The van der Waals surface area contributed by atoms with Crippen LogP contribution in [0.15, 0.2) is 6.07 Å². The molecule has 0 aromatic carbocycles. The highest BCUT2D eigenvalue weighted by Gasteiger charge is 2.19. The van der Waals surface area contributed by atoms with Gasteiger partial charge < -0.3 is 10.2 Å². The number of nitrogens with one attached hydrogen (secondary N) is 2. The van der Waals surface area contributed by atoms with Gasteiger partial charge >= 0.3 is 0 Å². The first-order valence-corrected chi connectivity index (χ1v) is 5.33. The SMILES string of the molecule is CNc1cc(C(=O)N2CCCCC2)[nH]n1. The highest BCUT2D eigenvalue weighted by atomic mass is 16.2. The van der Waals surface area contributed by atoms with E-state index < -0.39 is 0 Å². The molecule has 0 saturated carbocycles. The normalized spacial score (nSPS) is 16.5. The highest BCUT2D eigenvalue weighted by molar-refractivity contribution is 5.93. The zero-order chi connectivity index (χ0) is 10.7. The molecule has 0 radical (unpaired) electrons. The monoisotopic (exact) mass is 208 g/mol. The number of hydrogen-bond acceptors (Lipinski definition) is 3. The van der Waals surface area contributed by atoms with Gasteiger partial charge in [0.05, 0.1) is 0 Å². The van der Waals surface area contributed by atoms with E-state index in [1.165, 1.54) is 6.42 Å². The Balaban J connectivity index is 2.05. The molecule has 1 aliphatic rings. The maximum absolute atomic E-state index is 12.0. The van der Waals surface area contributed by atoms with E-state index in [9.17, 15) is 4.79 Å². The molecule has 1 aromatic heterocycles.